The lowest BCUT2D eigenvalue weighted by molar-refractivity contribution is -0.143. The summed E-state index contributed by atoms with van der Waals surface area (Å²) < 4.78 is 32.5. The van der Waals surface area contributed by atoms with Gasteiger partial charge in [-0.2, -0.15) is 21.0 Å². The number of amides is 4. The van der Waals surface area contributed by atoms with Crippen LogP contribution in [0.3, 0.4) is 0 Å². The first-order valence-corrected chi connectivity index (χ1v) is 20.7. The third kappa shape index (κ3) is 29.7. The Kier molecular flexibility index (Phi) is 28.0. The van der Waals surface area contributed by atoms with Crippen LogP contribution < -0.4 is 21.3 Å². The zero-order valence-electron chi connectivity index (χ0n) is 30.5. The summed E-state index contributed by atoms with van der Waals surface area (Å²) in [5.74, 6) is -7.78. The summed E-state index contributed by atoms with van der Waals surface area (Å²) in [6, 6.07) is -4.79. The van der Waals surface area contributed by atoms with Crippen LogP contribution in [0.25, 0.3) is 0 Å². The van der Waals surface area contributed by atoms with E-state index in [-0.39, 0.29) is 30.9 Å². The zero-order chi connectivity index (χ0) is 40.1. The van der Waals surface area contributed by atoms with E-state index in [0.717, 1.165) is 83.5 Å². The molecule has 0 aliphatic heterocycles. The van der Waals surface area contributed by atoms with Gasteiger partial charge in [-0.05, 0) is 38.5 Å². The van der Waals surface area contributed by atoms with Gasteiger partial charge in [0.1, 0.15) is 23.9 Å². The summed E-state index contributed by atoms with van der Waals surface area (Å²) in [4.78, 5) is 82.9. The van der Waals surface area contributed by atoms with E-state index in [9.17, 15) is 56.7 Å². The lowest BCUT2D eigenvalue weighted by Crippen LogP contribution is -2.54. The minimum atomic E-state index is -4.77. The highest BCUT2D eigenvalue weighted by atomic mass is 32.2. The van der Waals surface area contributed by atoms with Crippen LogP contribution in [0, 0.1) is 0 Å². The number of thiol groups is 1. The molecular formula is C34H60N4O13S2. The van der Waals surface area contributed by atoms with Gasteiger partial charge in [0.25, 0.3) is 10.1 Å². The first-order chi connectivity index (χ1) is 25.0. The van der Waals surface area contributed by atoms with Gasteiger partial charge in [0.2, 0.25) is 23.6 Å². The lowest BCUT2D eigenvalue weighted by Gasteiger charge is -2.21. The fourth-order valence-corrected chi connectivity index (χ4v) is 6.20. The largest absolute Gasteiger partial charge is 0.481 e. The smallest absolute Gasteiger partial charge is 0.326 e. The van der Waals surface area contributed by atoms with Gasteiger partial charge >= 0.3 is 17.9 Å². The van der Waals surface area contributed by atoms with E-state index in [1.165, 1.54) is 0 Å². The van der Waals surface area contributed by atoms with Crippen molar-refractivity contribution in [2.75, 3.05) is 18.1 Å². The molecule has 0 aromatic carbocycles. The molecule has 0 spiro atoms. The van der Waals surface area contributed by atoms with Gasteiger partial charge in [-0.1, -0.05) is 77.0 Å². The van der Waals surface area contributed by atoms with Crippen molar-refractivity contribution in [1.29, 1.82) is 0 Å². The minimum absolute atomic E-state index is 0.00745. The van der Waals surface area contributed by atoms with Gasteiger partial charge in [0.15, 0.2) is 0 Å². The van der Waals surface area contributed by atoms with Crippen LogP contribution in [-0.4, -0.2) is 106 Å². The van der Waals surface area contributed by atoms with Crippen LogP contribution in [0.2, 0.25) is 0 Å². The Bertz CT molecular complexity index is 1250. The molecule has 0 saturated carbocycles. The van der Waals surface area contributed by atoms with E-state index >= 15 is 0 Å². The number of hydrogen-bond donors (Lipinski definition) is 9. The van der Waals surface area contributed by atoms with Crippen LogP contribution in [0.5, 0.6) is 0 Å². The van der Waals surface area contributed by atoms with Crippen LogP contribution in [0.4, 0.5) is 0 Å². The van der Waals surface area contributed by atoms with Crippen LogP contribution in [-0.2, 0) is 43.7 Å². The van der Waals surface area contributed by atoms with Crippen molar-refractivity contribution in [3.63, 3.8) is 0 Å². The van der Waals surface area contributed by atoms with Crippen molar-refractivity contribution in [2.24, 2.45) is 0 Å². The molecule has 19 heteroatoms. The van der Waals surface area contributed by atoms with Crippen LogP contribution in [0.15, 0.2) is 0 Å². The fourth-order valence-electron chi connectivity index (χ4n) is 5.43. The van der Waals surface area contributed by atoms with Gasteiger partial charge in [-0.25, -0.2) is 9.59 Å². The quantitative estimate of drug-likeness (QED) is 0.0258. The number of carbonyl (C=O) groups excluding carboxylic acids is 4. The Morgan fingerprint density at radius 3 is 1.40 bits per heavy atom. The summed E-state index contributed by atoms with van der Waals surface area (Å²) in [5.41, 5.74) is 0. The fraction of sp³-hybridized carbons (Fsp3) is 0.794. The minimum Gasteiger partial charge on any atom is -0.481 e. The summed E-state index contributed by atoms with van der Waals surface area (Å²) in [6.07, 6.45) is 13.8. The highest BCUT2D eigenvalue weighted by molar-refractivity contribution is 7.85. The molecule has 0 radical (unpaired) electrons. The number of carboxylic acid groups (broad SMARTS) is 3. The summed E-state index contributed by atoms with van der Waals surface area (Å²) in [6.45, 7) is 0.295. The molecule has 3 unspecified atom stereocenters. The first kappa shape index (κ1) is 49.6. The van der Waals surface area contributed by atoms with Crippen molar-refractivity contribution >= 4 is 64.3 Å². The normalized spacial score (nSPS) is 12.9. The van der Waals surface area contributed by atoms with Gasteiger partial charge in [-0.15, -0.1) is 0 Å². The lowest BCUT2D eigenvalue weighted by atomic mass is 10.0. The van der Waals surface area contributed by atoms with Crippen LogP contribution >= 0.6 is 12.6 Å². The van der Waals surface area contributed by atoms with Gasteiger partial charge in [0.05, 0.1) is 5.75 Å². The van der Waals surface area contributed by atoms with E-state index in [0.29, 0.717) is 25.8 Å². The average Bonchev–Trinajstić information content (AvgIpc) is 3.07. The maximum atomic E-state index is 12.9. The summed E-state index contributed by atoms with van der Waals surface area (Å²) in [7, 11) is -4.77. The number of nitrogens with one attached hydrogen (secondary N) is 4. The molecule has 0 aliphatic rings. The monoisotopic (exact) mass is 796 g/mol. The third-order valence-electron chi connectivity index (χ3n) is 8.37. The molecule has 3 atom stereocenters. The van der Waals surface area contributed by atoms with E-state index in [4.69, 9.17) is 5.11 Å². The molecule has 0 saturated heterocycles. The first-order valence-electron chi connectivity index (χ1n) is 18.4. The number of rotatable bonds is 34. The Balaban J connectivity index is 4.58. The number of hydrogen-bond acceptors (Lipinski definition) is 10. The molecule has 0 aliphatic carbocycles. The predicted octanol–water partition coefficient (Wildman–Crippen LogP) is 2.82. The Hall–Kier alpha value is -3.45. The van der Waals surface area contributed by atoms with E-state index in [1.54, 1.807) is 0 Å². The van der Waals surface area contributed by atoms with E-state index in [2.05, 4.69) is 33.9 Å². The standard InChI is InChI=1S/C34H60N4O13S2/c39-28(18-13-11-9-7-5-3-1-2-4-6-8-10-12-14-19-31(42)43)37-27(24-53(49,50)51)32(44)38-26(34(47)48)20-21-29(40)36-25(33(45)46)17-15-16-22-35-30(41)23-52/h25-27,52H,1-24H2,(H,35,41)(H,36,40)(H,37,39)(H,38,44)(H,42,43)(H,45,46)(H,47,48)(H,49,50,51). The summed E-state index contributed by atoms with van der Waals surface area (Å²) in [5, 5.41) is 36.8. The molecule has 0 aromatic heterocycles. The SMILES string of the molecule is O=C(O)CCCCCCCCCCCCCCCCC(=O)NC(CS(=O)(=O)O)C(=O)NC(CCC(=O)NC(CCCCNC(=O)CS)C(=O)O)C(=O)O. The van der Waals surface area contributed by atoms with Gasteiger partial charge in [0, 0.05) is 25.8 Å². The molecule has 0 heterocycles. The molecule has 17 nitrogen and oxygen atoms in total. The Morgan fingerprint density at radius 2 is 0.943 bits per heavy atom. The number of unbranched alkanes of at least 4 members (excludes halogenated alkanes) is 14. The van der Waals surface area contributed by atoms with Crippen molar-refractivity contribution in [3.8, 4) is 0 Å². The Labute approximate surface area is 317 Å². The maximum absolute atomic E-state index is 12.9. The molecule has 306 valence electrons. The number of aliphatic carboxylic acids is 3. The number of carboxylic acids is 3. The zero-order valence-corrected chi connectivity index (χ0v) is 32.2. The topological polar surface area (TPSA) is 283 Å². The molecule has 0 fully saturated rings. The summed E-state index contributed by atoms with van der Waals surface area (Å²) >= 11 is 3.83. The van der Waals surface area contributed by atoms with Crippen molar-refractivity contribution < 1.29 is 61.9 Å². The second-order valence-electron chi connectivity index (χ2n) is 13.1. The van der Waals surface area contributed by atoms with Crippen molar-refractivity contribution in [2.45, 2.75) is 153 Å². The Morgan fingerprint density at radius 1 is 0.509 bits per heavy atom. The van der Waals surface area contributed by atoms with E-state index < -0.39 is 82.5 Å². The van der Waals surface area contributed by atoms with Crippen molar-refractivity contribution in [3.05, 3.63) is 0 Å². The second kappa shape index (κ2) is 29.9. The molecule has 0 bridgehead atoms. The van der Waals surface area contributed by atoms with Gasteiger partial charge < -0.3 is 36.6 Å². The molecule has 0 rings (SSSR count). The van der Waals surface area contributed by atoms with Crippen molar-refractivity contribution in [1.82, 2.24) is 21.3 Å². The van der Waals surface area contributed by atoms with E-state index in [1.807, 2.05) is 0 Å². The average molecular weight is 797 g/mol. The maximum Gasteiger partial charge on any atom is 0.326 e. The second-order valence-corrected chi connectivity index (χ2v) is 14.9. The molecule has 53 heavy (non-hydrogen) atoms. The van der Waals surface area contributed by atoms with Crippen LogP contribution in [0.1, 0.15) is 135 Å². The molecular weight excluding hydrogens is 737 g/mol. The highest BCUT2D eigenvalue weighted by Crippen LogP contribution is 2.14. The third-order valence-corrected chi connectivity index (χ3v) is 9.41. The molecule has 4 amide bonds. The van der Waals surface area contributed by atoms with Gasteiger partial charge in [-0.3, -0.25) is 28.5 Å². The number of carbonyl (C=O) groups is 7. The highest BCUT2D eigenvalue weighted by Gasteiger charge is 2.30. The molecule has 0 aromatic rings. The predicted molar refractivity (Wildman–Crippen MR) is 199 cm³/mol. The molecule has 8 N–H and O–H groups in total.